The average molecular weight is 427 g/mol. The van der Waals surface area contributed by atoms with Gasteiger partial charge in [0.05, 0.1) is 17.2 Å². The first kappa shape index (κ1) is 20.1. The molecule has 3 aliphatic rings. The lowest BCUT2D eigenvalue weighted by Gasteiger charge is -2.34. The van der Waals surface area contributed by atoms with Gasteiger partial charge in [-0.05, 0) is 63.6 Å². The molecule has 6 nitrogen and oxygen atoms in total. The van der Waals surface area contributed by atoms with Gasteiger partial charge < -0.3 is 9.64 Å². The molecule has 1 saturated heterocycles. The number of carbonyl (C=O) groups excluding carboxylic acids is 1. The highest BCUT2D eigenvalue weighted by atomic mass is 35.5. The van der Waals surface area contributed by atoms with Crippen molar-refractivity contribution in [2.45, 2.75) is 62.7 Å². The lowest BCUT2D eigenvalue weighted by Crippen LogP contribution is -2.48. The normalized spacial score (nSPS) is 26.2. The Balaban J connectivity index is 1.62. The monoisotopic (exact) mass is 426 g/mol. The van der Waals surface area contributed by atoms with Crippen LogP contribution in [-0.4, -0.2) is 61.4 Å². The van der Waals surface area contributed by atoms with Crippen LogP contribution in [0.1, 0.15) is 49.9 Å². The molecule has 2 unspecified atom stereocenters. The van der Waals surface area contributed by atoms with Gasteiger partial charge in [0.1, 0.15) is 4.90 Å². The van der Waals surface area contributed by atoms with Gasteiger partial charge in [0.15, 0.2) is 0 Å². The van der Waals surface area contributed by atoms with Gasteiger partial charge >= 0.3 is 0 Å². The summed E-state index contributed by atoms with van der Waals surface area (Å²) in [5.41, 5.74) is 0.393. The summed E-state index contributed by atoms with van der Waals surface area (Å²) in [7, 11) is -3.80. The van der Waals surface area contributed by atoms with Gasteiger partial charge in [-0.2, -0.15) is 4.31 Å². The van der Waals surface area contributed by atoms with E-state index in [1.807, 2.05) is 18.7 Å². The molecule has 8 heteroatoms. The number of rotatable bonds is 6. The Morgan fingerprint density at radius 3 is 2.39 bits per heavy atom. The summed E-state index contributed by atoms with van der Waals surface area (Å²) in [5.74, 6) is 0.502. The summed E-state index contributed by atoms with van der Waals surface area (Å²) in [5, 5.41) is 0.142. The number of hydrogen-bond donors (Lipinski definition) is 0. The standard InChI is InChI=1S/C20H27ClN2O4S/c1-13-10-22(11-14(2)27-13)28(25,26)19-9-16(5-8-18(19)21)20(24)23(17-6-7-17)12-15-3-4-15/h5,8-9,13-15,17H,3-4,6-7,10-12H2,1-2H3. The molecule has 0 aromatic heterocycles. The van der Waals surface area contributed by atoms with Crippen LogP contribution in [0.4, 0.5) is 0 Å². The number of nitrogens with zero attached hydrogens (tertiary/aromatic N) is 2. The molecule has 1 amide bonds. The summed E-state index contributed by atoms with van der Waals surface area (Å²) in [6, 6.07) is 4.91. The Labute approximate surface area is 171 Å². The third-order valence-electron chi connectivity index (χ3n) is 5.58. The summed E-state index contributed by atoms with van der Waals surface area (Å²) in [6.45, 7) is 5.02. The zero-order valence-corrected chi connectivity index (χ0v) is 17.9. The fraction of sp³-hybridized carbons (Fsp3) is 0.650. The maximum atomic E-state index is 13.2. The van der Waals surface area contributed by atoms with Crippen molar-refractivity contribution in [2.75, 3.05) is 19.6 Å². The molecular weight excluding hydrogens is 400 g/mol. The highest BCUT2D eigenvalue weighted by Gasteiger charge is 2.38. The second kappa shape index (κ2) is 7.59. The number of morpholine rings is 1. The Bertz CT molecular complexity index is 857. The fourth-order valence-corrected chi connectivity index (χ4v) is 5.92. The molecule has 2 atom stereocenters. The van der Waals surface area contributed by atoms with Crippen LogP contribution in [0.2, 0.25) is 5.02 Å². The quantitative estimate of drug-likeness (QED) is 0.700. The van der Waals surface area contributed by atoms with Crippen LogP contribution >= 0.6 is 11.6 Å². The molecule has 1 aromatic carbocycles. The van der Waals surface area contributed by atoms with Crippen LogP contribution in [0.25, 0.3) is 0 Å². The van der Waals surface area contributed by atoms with E-state index in [0.29, 0.717) is 17.5 Å². The minimum absolute atomic E-state index is 0.00323. The SMILES string of the molecule is CC1CN(S(=O)(=O)c2cc(C(=O)N(CC3CC3)C3CC3)ccc2Cl)CC(C)O1. The van der Waals surface area contributed by atoms with Crippen molar-refractivity contribution in [3.05, 3.63) is 28.8 Å². The van der Waals surface area contributed by atoms with E-state index in [1.54, 1.807) is 6.07 Å². The molecule has 154 valence electrons. The van der Waals surface area contributed by atoms with Gasteiger partial charge in [-0.25, -0.2) is 8.42 Å². The highest BCUT2D eigenvalue weighted by molar-refractivity contribution is 7.89. The van der Waals surface area contributed by atoms with E-state index in [0.717, 1.165) is 19.4 Å². The van der Waals surface area contributed by atoms with Crippen molar-refractivity contribution in [1.29, 1.82) is 0 Å². The largest absolute Gasteiger partial charge is 0.373 e. The molecule has 1 aliphatic heterocycles. The first-order chi connectivity index (χ1) is 13.3. The third kappa shape index (κ3) is 4.22. The van der Waals surface area contributed by atoms with Crippen LogP contribution in [0.5, 0.6) is 0 Å². The lowest BCUT2D eigenvalue weighted by atomic mass is 10.2. The number of carbonyl (C=O) groups is 1. The minimum Gasteiger partial charge on any atom is -0.373 e. The molecule has 28 heavy (non-hydrogen) atoms. The van der Waals surface area contributed by atoms with Crippen molar-refractivity contribution in [3.8, 4) is 0 Å². The Kier molecular flexibility index (Phi) is 5.46. The smallest absolute Gasteiger partial charge is 0.254 e. The molecule has 1 aromatic rings. The van der Waals surface area contributed by atoms with Crippen LogP contribution in [-0.2, 0) is 14.8 Å². The molecule has 0 radical (unpaired) electrons. The number of amides is 1. The number of benzene rings is 1. The Morgan fingerprint density at radius 2 is 1.82 bits per heavy atom. The summed E-state index contributed by atoms with van der Waals surface area (Å²) in [4.78, 5) is 15.0. The molecule has 0 N–H and O–H groups in total. The molecule has 2 aliphatic carbocycles. The second-order valence-corrected chi connectivity index (χ2v) is 10.7. The van der Waals surface area contributed by atoms with Crippen LogP contribution in [0.15, 0.2) is 23.1 Å². The van der Waals surface area contributed by atoms with Gasteiger partial charge in [0.2, 0.25) is 10.0 Å². The van der Waals surface area contributed by atoms with Crippen molar-refractivity contribution in [1.82, 2.24) is 9.21 Å². The lowest BCUT2D eigenvalue weighted by molar-refractivity contribution is -0.0440. The number of halogens is 1. The van der Waals surface area contributed by atoms with E-state index in [1.165, 1.54) is 29.3 Å². The van der Waals surface area contributed by atoms with Gasteiger partial charge in [-0.3, -0.25) is 4.79 Å². The molecule has 0 spiro atoms. The van der Waals surface area contributed by atoms with Gasteiger partial charge in [-0.1, -0.05) is 11.6 Å². The third-order valence-corrected chi connectivity index (χ3v) is 7.90. The van der Waals surface area contributed by atoms with E-state index >= 15 is 0 Å². The first-order valence-corrected chi connectivity index (χ1v) is 11.8. The fourth-order valence-electron chi connectivity index (χ4n) is 3.83. The van der Waals surface area contributed by atoms with Crippen molar-refractivity contribution >= 4 is 27.5 Å². The van der Waals surface area contributed by atoms with Crippen LogP contribution < -0.4 is 0 Å². The zero-order chi connectivity index (χ0) is 20.1. The number of hydrogen-bond acceptors (Lipinski definition) is 4. The van der Waals surface area contributed by atoms with Crippen LogP contribution in [0, 0.1) is 5.92 Å². The highest BCUT2D eigenvalue weighted by Crippen LogP contribution is 2.36. The molecular formula is C20H27ClN2O4S. The topological polar surface area (TPSA) is 66.9 Å². The van der Waals surface area contributed by atoms with E-state index in [2.05, 4.69) is 0 Å². The van der Waals surface area contributed by atoms with Crippen molar-refractivity contribution in [2.24, 2.45) is 5.92 Å². The minimum atomic E-state index is -3.80. The molecule has 3 fully saturated rings. The van der Waals surface area contributed by atoms with E-state index in [-0.39, 0.29) is 41.1 Å². The molecule has 4 rings (SSSR count). The van der Waals surface area contributed by atoms with Crippen molar-refractivity contribution in [3.63, 3.8) is 0 Å². The Morgan fingerprint density at radius 1 is 1.18 bits per heavy atom. The molecule has 0 bridgehead atoms. The predicted molar refractivity (Wildman–Crippen MR) is 107 cm³/mol. The van der Waals surface area contributed by atoms with E-state index in [4.69, 9.17) is 16.3 Å². The predicted octanol–water partition coefficient (Wildman–Crippen LogP) is 3.15. The summed E-state index contributed by atoms with van der Waals surface area (Å²) >= 11 is 6.26. The summed E-state index contributed by atoms with van der Waals surface area (Å²) in [6.07, 6.45) is 4.02. The van der Waals surface area contributed by atoms with Gasteiger partial charge in [-0.15, -0.1) is 0 Å². The number of sulfonamides is 1. The molecule has 1 heterocycles. The molecule has 2 saturated carbocycles. The maximum Gasteiger partial charge on any atom is 0.254 e. The van der Waals surface area contributed by atoms with Gasteiger partial charge in [0, 0.05) is 31.2 Å². The van der Waals surface area contributed by atoms with E-state index < -0.39 is 10.0 Å². The number of ether oxygens (including phenoxy) is 1. The average Bonchev–Trinajstić information content (AvgIpc) is 3.52. The van der Waals surface area contributed by atoms with Gasteiger partial charge in [0.25, 0.3) is 5.91 Å². The summed E-state index contributed by atoms with van der Waals surface area (Å²) < 4.78 is 33.5. The van der Waals surface area contributed by atoms with E-state index in [9.17, 15) is 13.2 Å². The maximum absolute atomic E-state index is 13.2. The van der Waals surface area contributed by atoms with Crippen LogP contribution in [0.3, 0.4) is 0 Å². The second-order valence-electron chi connectivity index (χ2n) is 8.36. The Hall–Kier alpha value is -1.15. The first-order valence-electron chi connectivity index (χ1n) is 10.0. The zero-order valence-electron chi connectivity index (χ0n) is 16.3. The van der Waals surface area contributed by atoms with Crippen molar-refractivity contribution < 1.29 is 17.9 Å².